The Morgan fingerprint density at radius 3 is 2.78 bits per heavy atom. The maximum atomic E-state index is 6.03. The zero-order valence-electron chi connectivity index (χ0n) is 12.1. The Balaban J connectivity index is 1.75. The molecule has 2 rings (SSSR count). The maximum Gasteiger partial charge on any atom is 0.0692 e. The highest BCUT2D eigenvalue weighted by molar-refractivity contribution is 4.88. The van der Waals surface area contributed by atoms with Crippen LogP contribution in [0.3, 0.4) is 0 Å². The van der Waals surface area contributed by atoms with Gasteiger partial charge in [0.2, 0.25) is 0 Å². The first-order valence-electron chi connectivity index (χ1n) is 7.86. The summed E-state index contributed by atoms with van der Waals surface area (Å²) in [7, 11) is 0. The molecule has 2 aliphatic heterocycles. The van der Waals surface area contributed by atoms with Crippen LogP contribution in [0.4, 0.5) is 0 Å². The van der Waals surface area contributed by atoms with E-state index in [-0.39, 0.29) is 5.60 Å². The molecular formula is C15H30N2O. The number of rotatable bonds is 5. The number of hydrogen-bond acceptors (Lipinski definition) is 3. The van der Waals surface area contributed by atoms with Crippen LogP contribution in [0.15, 0.2) is 0 Å². The number of hydrogen-bond donors (Lipinski definition) is 2. The Labute approximate surface area is 112 Å². The van der Waals surface area contributed by atoms with Crippen LogP contribution in [0.2, 0.25) is 0 Å². The third-order valence-electron chi connectivity index (χ3n) is 4.88. The van der Waals surface area contributed by atoms with Crippen molar-refractivity contribution in [1.29, 1.82) is 0 Å². The molecular weight excluding hydrogens is 224 g/mol. The summed E-state index contributed by atoms with van der Waals surface area (Å²) in [5.41, 5.74) is 0.154. The summed E-state index contributed by atoms with van der Waals surface area (Å²) in [5.74, 6) is 0.833. The first-order chi connectivity index (χ1) is 8.78. The van der Waals surface area contributed by atoms with E-state index in [1.807, 2.05) is 0 Å². The van der Waals surface area contributed by atoms with Crippen LogP contribution in [0.1, 0.15) is 52.4 Å². The quantitative estimate of drug-likeness (QED) is 0.790. The van der Waals surface area contributed by atoms with Crippen molar-refractivity contribution in [3.8, 4) is 0 Å². The number of ether oxygens (including phenoxy) is 1. The van der Waals surface area contributed by atoms with E-state index < -0.39 is 0 Å². The van der Waals surface area contributed by atoms with Gasteiger partial charge in [-0.3, -0.25) is 0 Å². The third-order valence-corrected chi connectivity index (χ3v) is 4.88. The number of piperidine rings is 1. The van der Waals surface area contributed by atoms with Gasteiger partial charge in [0, 0.05) is 12.6 Å². The standard InChI is InChI=1S/C15H30N2O/c1-3-15(4-2)10-14(7-9-18-15)17-12-13-6-5-8-16-11-13/h13-14,16-17H,3-12H2,1-2H3. The average molecular weight is 254 g/mol. The van der Waals surface area contributed by atoms with E-state index in [0.717, 1.165) is 25.4 Å². The molecule has 2 fully saturated rings. The highest BCUT2D eigenvalue weighted by Gasteiger charge is 2.34. The van der Waals surface area contributed by atoms with E-state index in [1.54, 1.807) is 0 Å². The summed E-state index contributed by atoms with van der Waals surface area (Å²) in [6.07, 6.45) is 7.39. The van der Waals surface area contributed by atoms with Gasteiger partial charge >= 0.3 is 0 Å². The Morgan fingerprint density at radius 2 is 2.11 bits per heavy atom. The molecule has 2 unspecified atom stereocenters. The molecule has 0 spiro atoms. The van der Waals surface area contributed by atoms with E-state index in [4.69, 9.17) is 4.74 Å². The van der Waals surface area contributed by atoms with E-state index in [2.05, 4.69) is 24.5 Å². The third kappa shape index (κ3) is 3.69. The van der Waals surface area contributed by atoms with Gasteiger partial charge in [-0.05, 0) is 64.1 Å². The van der Waals surface area contributed by atoms with Gasteiger partial charge in [-0.15, -0.1) is 0 Å². The van der Waals surface area contributed by atoms with Gasteiger partial charge in [-0.25, -0.2) is 0 Å². The maximum absolute atomic E-state index is 6.03. The lowest BCUT2D eigenvalue weighted by Gasteiger charge is -2.41. The molecule has 2 heterocycles. The van der Waals surface area contributed by atoms with E-state index in [9.17, 15) is 0 Å². The second-order valence-corrected chi connectivity index (χ2v) is 6.05. The molecule has 0 amide bonds. The topological polar surface area (TPSA) is 33.3 Å². The summed E-state index contributed by atoms with van der Waals surface area (Å²) < 4.78 is 6.03. The van der Waals surface area contributed by atoms with Crippen molar-refractivity contribution in [2.45, 2.75) is 64.0 Å². The molecule has 0 aromatic heterocycles. The van der Waals surface area contributed by atoms with E-state index in [1.165, 1.54) is 45.3 Å². The van der Waals surface area contributed by atoms with Crippen molar-refractivity contribution in [3.05, 3.63) is 0 Å². The molecule has 0 aliphatic carbocycles. The predicted octanol–water partition coefficient (Wildman–Crippen LogP) is 2.31. The van der Waals surface area contributed by atoms with Crippen LogP contribution in [-0.4, -0.2) is 37.9 Å². The van der Waals surface area contributed by atoms with Crippen molar-refractivity contribution >= 4 is 0 Å². The molecule has 2 N–H and O–H groups in total. The van der Waals surface area contributed by atoms with Crippen LogP contribution < -0.4 is 10.6 Å². The molecule has 2 saturated heterocycles. The minimum Gasteiger partial charge on any atom is -0.375 e. The molecule has 106 valence electrons. The second kappa shape index (κ2) is 6.88. The first-order valence-corrected chi connectivity index (χ1v) is 7.86. The lowest BCUT2D eigenvalue weighted by molar-refractivity contribution is -0.0933. The highest BCUT2D eigenvalue weighted by atomic mass is 16.5. The van der Waals surface area contributed by atoms with Gasteiger partial charge in [-0.1, -0.05) is 13.8 Å². The summed E-state index contributed by atoms with van der Waals surface area (Å²) in [6.45, 7) is 9.04. The molecule has 3 nitrogen and oxygen atoms in total. The molecule has 2 atom stereocenters. The van der Waals surface area contributed by atoms with Crippen LogP contribution >= 0.6 is 0 Å². The summed E-state index contributed by atoms with van der Waals surface area (Å²) in [4.78, 5) is 0. The van der Waals surface area contributed by atoms with Gasteiger partial charge in [0.15, 0.2) is 0 Å². The molecule has 0 aromatic rings. The monoisotopic (exact) mass is 254 g/mol. The predicted molar refractivity (Wildman–Crippen MR) is 75.9 cm³/mol. The van der Waals surface area contributed by atoms with E-state index >= 15 is 0 Å². The second-order valence-electron chi connectivity index (χ2n) is 6.05. The van der Waals surface area contributed by atoms with Crippen molar-refractivity contribution in [1.82, 2.24) is 10.6 Å². The first kappa shape index (κ1) is 14.3. The Bertz CT molecular complexity index is 235. The fourth-order valence-electron chi connectivity index (χ4n) is 3.38. The fraction of sp³-hybridized carbons (Fsp3) is 1.00. The Hall–Kier alpha value is -0.120. The summed E-state index contributed by atoms with van der Waals surface area (Å²) in [6, 6.07) is 0.667. The Morgan fingerprint density at radius 1 is 1.28 bits per heavy atom. The van der Waals surface area contributed by atoms with Gasteiger partial charge in [-0.2, -0.15) is 0 Å². The zero-order valence-corrected chi connectivity index (χ0v) is 12.1. The van der Waals surface area contributed by atoms with Crippen LogP contribution in [-0.2, 0) is 4.74 Å². The smallest absolute Gasteiger partial charge is 0.0692 e. The molecule has 0 aromatic carbocycles. The molecule has 0 bridgehead atoms. The molecule has 18 heavy (non-hydrogen) atoms. The van der Waals surface area contributed by atoms with Gasteiger partial charge in [0.05, 0.1) is 5.60 Å². The van der Waals surface area contributed by atoms with Crippen molar-refractivity contribution in [2.75, 3.05) is 26.2 Å². The lowest BCUT2D eigenvalue weighted by Crippen LogP contribution is -2.48. The highest BCUT2D eigenvalue weighted by Crippen LogP contribution is 2.31. The summed E-state index contributed by atoms with van der Waals surface area (Å²) >= 11 is 0. The molecule has 0 radical (unpaired) electrons. The van der Waals surface area contributed by atoms with Gasteiger partial charge < -0.3 is 15.4 Å². The minimum atomic E-state index is 0.154. The zero-order chi connectivity index (χ0) is 12.8. The van der Waals surface area contributed by atoms with Gasteiger partial charge in [0.1, 0.15) is 0 Å². The minimum absolute atomic E-state index is 0.154. The summed E-state index contributed by atoms with van der Waals surface area (Å²) in [5, 5.41) is 7.29. The Kier molecular flexibility index (Phi) is 5.46. The number of nitrogens with one attached hydrogen (secondary N) is 2. The molecule has 2 aliphatic rings. The van der Waals surface area contributed by atoms with Crippen molar-refractivity contribution < 1.29 is 4.74 Å². The lowest BCUT2D eigenvalue weighted by atomic mass is 9.85. The van der Waals surface area contributed by atoms with Gasteiger partial charge in [0.25, 0.3) is 0 Å². The SMILES string of the molecule is CCC1(CC)CC(NCC2CCCNC2)CCO1. The largest absolute Gasteiger partial charge is 0.375 e. The fourth-order valence-corrected chi connectivity index (χ4v) is 3.38. The van der Waals surface area contributed by atoms with Crippen molar-refractivity contribution in [3.63, 3.8) is 0 Å². The molecule has 3 heteroatoms. The van der Waals surface area contributed by atoms with Crippen LogP contribution in [0.25, 0.3) is 0 Å². The van der Waals surface area contributed by atoms with Crippen LogP contribution in [0, 0.1) is 5.92 Å². The van der Waals surface area contributed by atoms with Crippen LogP contribution in [0.5, 0.6) is 0 Å². The van der Waals surface area contributed by atoms with Crippen molar-refractivity contribution in [2.24, 2.45) is 5.92 Å². The molecule has 0 saturated carbocycles. The average Bonchev–Trinajstić information content (AvgIpc) is 2.46. The normalized spacial score (nSPS) is 32.3. The van der Waals surface area contributed by atoms with E-state index in [0.29, 0.717) is 6.04 Å².